The lowest BCUT2D eigenvalue weighted by atomic mass is 10.1. The van der Waals surface area contributed by atoms with Crippen molar-refractivity contribution < 1.29 is 9.53 Å². The van der Waals surface area contributed by atoms with Crippen LogP contribution in [0.4, 0.5) is 0 Å². The molecule has 23 heavy (non-hydrogen) atoms. The fourth-order valence-electron chi connectivity index (χ4n) is 3.08. The van der Waals surface area contributed by atoms with Crippen LogP contribution in [-0.2, 0) is 4.74 Å². The van der Waals surface area contributed by atoms with Crippen LogP contribution in [0.15, 0.2) is 35.7 Å². The van der Waals surface area contributed by atoms with Crippen molar-refractivity contribution in [1.82, 2.24) is 9.88 Å². The lowest BCUT2D eigenvalue weighted by Gasteiger charge is -2.37. The van der Waals surface area contributed by atoms with Crippen molar-refractivity contribution in [2.24, 2.45) is 0 Å². The molecule has 0 N–H and O–H groups in total. The Morgan fingerprint density at radius 2 is 2.00 bits per heavy atom. The van der Waals surface area contributed by atoms with Gasteiger partial charge in [0.2, 0.25) is 0 Å². The van der Waals surface area contributed by atoms with Gasteiger partial charge < -0.3 is 9.64 Å². The zero-order chi connectivity index (χ0) is 15.7. The van der Waals surface area contributed by atoms with Gasteiger partial charge in [0.05, 0.1) is 6.61 Å². The zero-order valence-electron chi connectivity index (χ0n) is 12.7. The number of thiazole rings is 1. The monoisotopic (exact) mass is 346 g/mol. The van der Waals surface area contributed by atoms with Gasteiger partial charge in [0.25, 0.3) is 5.91 Å². The predicted molar refractivity (Wildman–Crippen MR) is 93.8 cm³/mol. The van der Waals surface area contributed by atoms with E-state index in [9.17, 15) is 4.79 Å². The fraction of sp³-hybridized carbons (Fsp3) is 0.412. The number of carbonyl (C=O) groups excluding carboxylic acids is 1. The number of aromatic nitrogens is 1. The molecule has 3 heterocycles. The van der Waals surface area contributed by atoms with Crippen LogP contribution in [0.5, 0.6) is 0 Å². The van der Waals surface area contributed by atoms with Crippen molar-refractivity contribution in [3.8, 4) is 10.6 Å². The minimum absolute atomic E-state index is 0.0337. The van der Waals surface area contributed by atoms with E-state index in [-0.39, 0.29) is 10.8 Å². The van der Waals surface area contributed by atoms with Crippen molar-refractivity contribution >= 4 is 29.0 Å². The fourth-order valence-corrected chi connectivity index (χ4v) is 5.06. The summed E-state index contributed by atoms with van der Waals surface area (Å²) in [7, 11) is 0. The van der Waals surface area contributed by atoms with Crippen LogP contribution in [0.1, 0.15) is 23.3 Å². The van der Waals surface area contributed by atoms with Gasteiger partial charge in [-0.1, -0.05) is 30.3 Å². The standard InChI is InChI=1S/C17H18N2O2S2/c20-16(19-8-6-17(7-9-19)21-10-11-23-17)14-12-22-15(18-14)13-4-2-1-3-5-13/h1-5,12H,6-11H2. The first-order chi connectivity index (χ1) is 11.3. The topological polar surface area (TPSA) is 42.4 Å². The van der Waals surface area contributed by atoms with Crippen LogP contribution in [0.3, 0.4) is 0 Å². The van der Waals surface area contributed by atoms with Gasteiger partial charge >= 0.3 is 0 Å². The summed E-state index contributed by atoms with van der Waals surface area (Å²) in [6.07, 6.45) is 1.83. The molecular formula is C17H18N2O2S2. The van der Waals surface area contributed by atoms with Crippen LogP contribution in [0, 0.1) is 0 Å². The molecule has 4 nitrogen and oxygen atoms in total. The SMILES string of the molecule is O=C(c1csc(-c2ccccc2)n1)N1CCC2(CC1)OCCS2. The van der Waals surface area contributed by atoms with Gasteiger partial charge in [-0.25, -0.2) is 4.98 Å². The summed E-state index contributed by atoms with van der Waals surface area (Å²) in [4.78, 5) is 19.1. The first-order valence-electron chi connectivity index (χ1n) is 7.84. The molecule has 120 valence electrons. The van der Waals surface area contributed by atoms with Gasteiger partial charge in [0, 0.05) is 42.6 Å². The number of amides is 1. The minimum atomic E-state index is -0.0337. The number of thioether (sulfide) groups is 1. The molecule has 0 unspecified atom stereocenters. The Morgan fingerprint density at radius 1 is 1.22 bits per heavy atom. The molecule has 6 heteroatoms. The highest BCUT2D eigenvalue weighted by atomic mass is 32.2. The molecule has 1 aromatic carbocycles. The maximum atomic E-state index is 12.7. The van der Waals surface area contributed by atoms with E-state index in [0.717, 1.165) is 48.9 Å². The van der Waals surface area contributed by atoms with E-state index in [4.69, 9.17) is 4.74 Å². The van der Waals surface area contributed by atoms with Crippen molar-refractivity contribution in [2.75, 3.05) is 25.4 Å². The van der Waals surface area contributed by atoms with Gasteiger partial charge in [0.1, 0.15) is 15.6 Å². The number of carbonyl (C=O) groups is 1. The summed E-state index contributed by atoms with van der Waals surface area (Å²) in [5.74, 6) is 1.11. The van der Waals surface area contributed by atoms with E-state index in [1.165, 1.54) is 11.3 Å². The van der Waals surface area contributed by atoms with Crippen LogP contribution < -0.4 is 0 Å². The number of hydrogen-bond acceptors (Lipinski definition) is 5. The molecule has 2 saturated heterocycles. The zero-order valence-corrected chi connectivity index (χ0v) is 14.4. The highest BCUT2D eigenvalue weighted by Gasteiger charge is 2.40. The number of rotatable bonds is 2. The number of likely N-dealkylation sites (tertiary alicyclic amines) is 1. The Bertz CT molecular complexity index is 686. The Balaban J connectivity index is 1.45. The third-order valence-corrected chi connectivity index (χ3v) is 6.68. The average Bonchev–Trinajstić information content (AvgIpc) is 3.26. The molecule has 2 aromatic rings. The third-order valence-electron chi connectivity index (χ3n) is 4.37. The molecule has 0 aliphatic carbocycles. The molecule has 2 aliphatic heterocycles. The highest BCUT2D eigenvalue weighted by molar-refractivity contribution is 8.00. The maximum Gasteiger partial charge on any atom is 0.273 e. The lowest BCUT2D eigenvalue weighted by molar-refractivity contribution is 0.00339. The largest absolute Gasteiger partial charge is 0.363 e. The first-order valence-corrected chi connectivity index (χ1v) is 9.70. The molecule has 0 saturated carbocycles. The van der Waals surface area contributed by atoms with Crippen molar-refractivity contribution in [3.63, 3.8) is 0 Å². The summed E-state index contributed by atoms with van der Waals surface area (Å²) in [6.45, 7) is 2.35. The summed E-state index contributed by atoms with van der Waals surface area (Å²) in [5.41, 5.74) is 1.62. The van der Waals surface area contributed by atoms with Gasteiger partial charge in [-0.3, -0.25) is 4.79 Å². The average molecular weight is 346 g/mol. The Morgan fingerprint density at radius 3 is 2.70 bits per heavy atom. The number of ether oxygens (including phenoxy) is 1. The van der Waals surface area contributed by atoms with E-state index in [1.54, 1.807) is 0 Å². The molecule has 2 aliphatic rings. The first kappa shape index (κ1) is 15.2. The van der Waals surface area contributed by atoms with E-state index >= 15 is 0 Å². The maximum absolute atomic E-state index is 12.7. The lowest BCUT2D eigenvalue weighted by Crippen LogP contribution is -2.45. The van der Waals surface area contributed by atoms with Crippen molar-refractivity contribution in [3.05, 3.63) is 41.4 Å². The Kier molecular flexibility index (Phi) is 4.13. The Hall–Kier alpha value is -1.37. The van der Waals surface area contributed by atoms with Gasteiger partial charge in [0.15, 0.2) is 0 Å². The summed E-state index contributed by atoms with van der Waals surface area (Å²) < 4.78 is 5.89. The third kappa shape index (κ3) is 3.03. The second kappa shape index (κ2) is 6.26. The smallest absolute Gasteiger partial charge is 0.273 e. The summed E-state index contributed by atoms with van der Waals surface area (Å²) >= 11 is 3.43. The summed E-state index contributed by atoms with van der Waals surface area (Å²) in [6, 6.07) is 10.00. The van der Waals surface area contributed by atoms with E-state index < -0.39 is 0 Å². The second-order valence-electron chi connectivity index (χ2n) is 5.80. The minimum Gasteiger partial charge on any atom is -0.363 e. The quantitative estimate of drug-likeness (QED) is 0.835. The van der Waals surface area contributed by atoms with Gasteiger partial charge in [-0.05, 0) is 0 Å². The Labute approximate surface area is 143 Å². The van der Waals surface area contributed by atoms with Crippen LogP contribution in [0.2, 0.25) is 0 Å². The van der Waals surface area contributed by atoms with Gasteiger partial charge in [-0.2, -0.15) is 0 Å². The predicted octanol–water partition coefficient (Wildman–Crippen LogP) is 3.51. The normalized spacial score (nSPS) is 20.1. The van der Waals surface area contributed by atoms with E-state index in [2.05, 4.69) is 4.98 Å². The van der Waals surface area contributed by atoms with Gasteiger partial charge in [-0.15, -0.1) is 23.1 Å². The van der Waals surface area contributed by atoms with E-state index in [0.29, 0.717) is 5.69 Å². The van der Waals surface area contributed by atoms with Crippen molar-refractivity contribution in [1.29, 1.82) is 0 Å². The highest BCUT2D eigenvalue weighted by Crippen LogP contribution is 2.41. The van der Waals surface area contributed by atoms with Crippen molar-refractivity contribution in [2.45, 2.75) is 17.8 Å². The molecule has 2 fully saturated rings. The van der Waals surface area contributed by atoms with Crippen LogP contribution >= 0.6 is 23.1 Å². The number of nitrogens with zero attached hydrogens (tertiary/aromatic N) is 2. The second-order valence-corrected chi connectivity index (χ2v) is 8.10. The number of benzene rings is 1. The number of piperidine rings is 1. The molecule has 4 rings (SSSR count). The van der Waals surface area contributed by atoms with Crippen LogP contribution in [0.25, 0.3) is 10.6 Å². The molecule has 1 amide bonds. The molecule has 0 bridgehead atoms. The molecule has 0 atom stereocenters. The number of hydrogen-bond donors (Lipinski definition) is 0. The van der Waals surface area contributed by atoms with Crippen LogP contribution in [-0.4, -0.2) is 46.2 Å². The molecular weight excluding hydrogens is 328 g/mol. The molecule has 1 spiro atoms. The molecule has 1 aromatic heterocycles. The summed E-state index contributed by atoms with van der Waals surface area (Å²) in [5, 5.41) is 2.77. The van der Waals surface area contributed by atoms with E-state index in [1.807, 2.05) is 52.4 Å². The molecule has 0 radical (unpaired) electrons.